The van der Waals surface area contributed by atoms with Crippen LogP contribution < -0.4 is 0 Å². The lowest BCUT2D eigenvalue weighted by Gasteiger charge is -2.38. The second-order valence-electron chi connectivity index (χ2n) is 4.87. The van der Waals surface area contributed by atoms with E-state index in [0.29, 0.717) is 6.42 Å². The Balaban J connectivity index is 2.41. The first-order chi connectivity index (χ1) is 7.52. The number of rotatable bonds is 5. The Kier molecular flexibility index (Phi) is 5.22. The van der Waals surface area contributed by atoms with Gasteiger partial charge in [-0.2, -0.15) is 0 Å². The van der Waals surface area contributed by atoms with E-state index in [9.17, 15) is 9.90 Å². The van der Waals surface area contributed by atoms with Crippen molar-refractivity contribution >= 4 is 5.97 Å². The van der Waals surface area contributed by atoms with Gasteiger partial charge in [0.25, 0.3) is 0 Å². The number of carbonyl (C=O) groups is 1. The number of aliphatic carboxylic acids is 1. The number of aliphatic hydroxyl groups excluding tert-OH is 1. The smallest absolute Gasteiger partial charge is 0.303 e. The summed E-state index contributed by atoms with van der Waals surface area (Å²) < 4.78 is 0. The molecule has 3 atom stereocenters. The molecular formula is C12H23NO3. The summed E-state index contributed by atoms with van der Waals surface area (Å²) in [5.74, 6) is -0.746. The summed E-state index contributed by atoms with van der Waals surface area (Å²) in [4.78, 5) is 12.6. The van der Waals surface area contributed by atoms with Crippen molar-refractivity contribution in [1.82, 2.24) is 4.90 Å². The summed E-state index contributed by atoms with van der Waals surface area (Å²) in [6, 6.07) is 0.423. The van der Waals surface area contributed by atoms with Gasteiger partial charge >= 0.3 is 5.97 Å². The lowest BCUT2D eigenvalue weighted by Crippen LogP contribution is -2.47. The summed E-state index contributed by atoms with van der Waals surface area (Å²) in [5, 5.41) is 18.5. The number of nitrogens with zero attached hydrogens (tertiary/aromatic N) is 1. The second kappa shape index (κ2) is 6.21. The molecule has 1 aliphatic carbocycles. The van der Waals surface area contributed by atoms with Crippen molar-refractivity contribution in [2.45, 2.75) is 63.6 Å². The molecule has 0 aromatic carbocycles. The predicted molar refractivity (Wildman–Crippen MR) is 62.4 cm³/mol. The minimum absolute atomic E-state index is 0.203. The highest BCUT2D eigenvalue weighted by atomic mass is 16.4. The molecule has 0 radical (unpaired) electrons. The van der Waals surface area contributed by atoms with E-state index in [2.05, 4.69) is 4.90 Å². The zero-order chi connectivity index (χ0) is 12.1. The third-order valence-electron chi connectivity index (χ3n) is 3.69. The van der Waals surface area contributed by atoms with E-state index in [1.807, 2.05) is 14.0 Å². The van der Waals surface area contributed by atoms with Crippen LogP contribution in [-0.2, 0) is 4.79 Å². The van der Waals surface area contributed by atoms with Gasteiger partial charge in [0, 0.05) is 18.5 Å². The van der Waals surface area contributed by atoms with Crippen LogP contribution in [0.1, 0.15) is 45.4 Å². The molecule has 1 saturated carbocycles. The number of carboxylic acids is 1. The number of aliphatic hydroxyl groups is 1. The zero-order valence-corrected chi connectivity index (χ0v) is 10.2. The first kappa shape index (κ1) is 13.5. The topological polar surface area (TPSA) is 60.8 Å². The molecule has 0 spiro atoms. The zero-order valence-electron chi connectivity index (χ0n) is 10.2. The quantitative estimate of drug-likeness (QED) is 0.749. The molecule has 0 heterocycles. The maximum absolute atomic E-state index is 10.5. The van der Waals surface area contributed by atoms with E-state index in [0.717, 1.165) is 25.7 Å². The molecule has 3 unspecified atom stereocenters. The molecule has 0 aromatic rings. The Labute approximate surface area is 97.3 Å². The lowest BCUT2D eigenvalue weighted by molar-refractivity contribution is -0.137. The second-order valence-corrected chi connectivity index (χ2v) is 4.87. The molecule has 0 aliphatic heterocycles. The van der Waals surface area contributed by atoms with Gasteiger partial charge < -0.3 is 10.2 Å². The maximum atomic E-state index is 10.5. The van der Waals surface area contributed by atoms with Crippen LogP contribution in [0, 0.1) is 0 Å². The molecule has 1 fully saturated rings. The Morgan fingerprint density at radius 1 is 1.44 bits per heavy atom. The first-order valence-electron chi connectivity index (χ1n) is 6.14. The molecule has 2 N–H and O–H groups in total. The number of hydrogen-bond acceptors (Lipinski definition) is 3. The van der Waals surface area contributed by atoms with Crippen molar-refractivity contribution in [1.29, 1.82) is 0 Å². The van der Waals surface area contributed by atoms with Crippen molar-refractivity contribution in [2.75, 3.05) is 7.05 Å². The third kappa shape index (κ3) is 3.76. The van der Waals surface area contributed by atoms with Crippen molar-refractivity contribution in [3.63, 3.8) is 0 Å². The van der Waals surface area contributed by atoms with Crippen molar-refractivity contribution in [2.24, 2.45) is 0 Å². The van der Waals surface area contributed by atoms with Crippen LogP contribution >= 0.6 is 0 Å². The molecule has 4 nitrogen and oxygen atoms in total. The van der Waals surface area contributed by atoms with Crippen LogP contribution in [0.15, 0.2) is 0 Å². The van der Waals surface area contributed by atoms with E-state index in [1.54, 1.807) is 0 Å². The fourth-order valence-corrected chi connectivity index (χ4v) is 2.43. The van der Waals surface area contributed by atoms with Gasteiger partial charge in [-0.15, -0.1) is 0 Å². The van der Waals surface area contributed by atoms with Gasteiger partial charge in [0.1, 0.15) is 0 Å². The van der Waals surface area contributed by atoms with E-state index in [1.165, 1.54) is 0 Å². The highest BCUT2D eigenvalue weighted by Gasteiger charge is 2.28. The van der Waals surface area contributed by atoms with Crippen LogP contribution in [0.2, 0.25) is 0 Å². The summed E-state index contributed by atoms with van der Waals surface area (Å²) in [6.45, 7) is 2.03. The van der Waals surface area contributed by atoms with Gasteiger partial charge in [0.2, 0.25) is 0 Å². The van der Waals surface area contributed by atoms with Gasteiger partial charge in [-0.05, 0) is 33.2 Å². The van der Waals surface area contributed by atoms with Crippen LogP contribution in [0.5, 0.6) is 0 Å². The number of hydrogen-bond donors (Lipinski definition) is 2. The Morgan fingerprint density at radius 2 is 2.06 bits per heavy atom. The van der Waals surface area contributed by atoms with E-state index in [-0.39, 0.29) is 24.6 Å². The molecule has 0 saturated heterocycles. The van der Waals surface area contributed by atoms with Crippen LogP contribution in [0.4, 0.5) is 0 Å². The summed E-state index contributed by atoms with van der Waals surface area (Å²) in [7, 11) is 1.99. The van der Waals surface area contributed by atoms with Crippen LogP contribution in [0.25, 0.3) is 0 Å². The molecule has 0 amide bonds. The summed E-state index contributed by atoms with van der Waals surface area (Å²) in [6.07, 6.45) is 4.78. The molecule has 0 aromatic heterocycles. The molecule has 0 bridgehead atoms. The summed E-state index contributed by atoms with van der Waals surface area (Å²) in [5.41, 5.74) is 0. The average molecular weight is 229 g/mol. The normalized spacial score (nSPS) is 28.0. The third-order valence-corrected chi connectivity index (χ3v) is 3.69. The summed E-state index contributed by atoms with van der Waals surface area (Å²) >= 11 is 0. The fraction of sp³-hybridized carbons (Fsp3) is 0.917. The molecule has 1 rings (SSSR count). The van der Waals surface area contributed by atoms with Crippen molar-refractivity contribution < 1.29 is 15.0 Å². The van der Waals surface area contributed by atoms with Crippen LogP contribution in [0.3, 0.4) is 0 Å². The van der Waals surface area contributed by atoms with E-state index >= 15 is 0 Å². The molecule has 94 valence electrons. The monoisotopic (exact) mass is 229 g/mol. The standard InChI is InChI=1S/C12H23NO3/c1-9(7-8-12(15)16)13(2)10-5-3-4-6-11(10)14/h9-11,14H,3-8H2,1-2H3,(H,15,16). The molecule has 16 heavy (non-hydrogen) atoms. The molecule has 1 aliphatic rings. The Hall–Kier alpha value is -0.610. The van der Waals surface area contributed by atoms with Gasteiger partial charge in [-0.25, -0.2) is 0 Å². The van der Waals surface area contributed by atoms with Gasteiger partial charge in [0.05, 0.1) is 6.10 Å². The highest BCUT2D eigenvalue weighted by Crippen LogP contribution is 2.24. The van der Waals surface area contributed by atoms with Crippen molar-refractivity contribution in [3.8, 4) is 0 Å². The predicted octanol–water partition coefficient (Wildman–Crippen LogP) is 1.47. The highest BCUT2D eigenvalue weighted by molar-refractivity contribution is 5.66. The Morgan fingerprint density at radius 3 is 2.62 bits per heavy atom. The maximum Gasteiger partial charge on any atom is 0.303 e. The van der Waals surface area contributed by atoms with Crippen molar-refractivity contribution in [3.05, 3.63) is 0 Å². The fourth-order valence-electron chi connectivity index (χ4n) is 2.43. The number of carboxylic acid groups (broad SMARTS) is 1. The molecular weight excluding hydrogens is 206 g/mol. The van der Waals surface area contributed by atoms with Gasteiger partial charge in [0.15, 0.2) is 0 Å². The van der Waals surface area contributed by atoms with Crippen LogP contribution in [-0.4, -0.2) is 46.3 Å². The van der Waals surface area contributed by atoms with Gasteiger partial charge in [-0.3, -0.25) is 9.69 Å². The average Bonchev–Trinajstić information content (AvgIpc) is 2.25. The van der Waals surface area contributed by atoms with E-state index in [4.69, 9.17) is 5.11 Å². The lowest BCUT2D eigenvalue weighted by atomic mass is 9.90. The van der Waals surface area contributed by atoms with Gasteiger partial charge in [-0.1, -0.05) is 12.8 Å². The van der Waals surface area contributed by atoms with E-state index < -0.39 is 5.97 Å². The largest absolute Gasteiger partial charge is 0.481 e. The number of likely N-dealkylation sites (N-methyl/N-ethyl adjacent to an activating group) is 1. The minimum Gasteiger partial charge on any atom is -0.481 e. The first-order valence-corrected chi connectivity index (χ1v) is 6.14. The Bertz CT molecular complexity index is 232. The minimum atomic E-state index is -0.746. The molecule has 4 heteroatoms. The SMILES string of the molecule is CC(CCC(=O)O)N(C)C1CCCCC1O.